The van der Waals surface area contributed by atoms with Gasteiger partial charge in [-0.2, -0.15) is 0 Å². The largest absolute Gasteiger partial charge is 0.349 e. The van der Waals surface area contributed by atoms with Crippen LogP contribution >= 0.6 is 0 Å². The zero-order chi connectivity index (χ0) is 17.9. The van der Waals surface area contributed by atoms with E-state index in [1.807, 2.05) is 6.92 Å². The van der Waals surface area contributed by atoms with Crippen molar-refractivity contribution in [3.63, 3.8) is 0 Å². The van der Waals surface area contributed by atoms with Crippen LogP contribution in [0.1, 0.15) is 36.9 Å². The van der Waals surface area contributed by atoms with Crippen LogP contribution in [0.5, 0.6) is 0 Å². The highest BCUT2D eigenvalue weighted by Crippen LogP contribution is 2.34. The number of piperidine rings is 1. The van der Waals surface area contributed by atoms with E-state index in [-0.39, 0.29) is 23.6 Å². The highest BCUT2D eigenvalue weighted by Gasteiger charge is 2.41. The molecule has 3 rings (SSSR count). The van der Waals surface area contributed by atoms with Crippen LogP contribution in [0.3, 0.4) is 0 Å². The van der Waals surface area contributed by atoms with E-state index in [2.05, 4.69) is 10.6 Å². The van der Waals surface area contributed by atoms with Gasteiger partial charge >= 0.3 is 0 Å². The van der Waals surface area contributed by atoms with Crippen LogP contribution in [0.25, 0.3) is 0 Å². The lowest BCUT2D eigenvalue weighted by Gasteiger charge is -2.37. The van der Waals surface area contributed by atoms with Crippen LogP contribution in [0.2, 0.25) is 0 Å². The molecule has 2 N–H and O–H groups in total. The number of nitrogens with one attached hydrogen (secondary N) is 2. The molecule has 1 unspecified atom stereocenters. The van der Waals surface area contributed by atoms with Gasteiger partial charge in [-0.05, 0) is 68.2 Å². The van der Waals surface area contributed by atoms with Gasteiger partial charge in [0.25, 0.3) is 0 Å². The van der Waals surface area contributed by atoms with Gasteiger partial charge in [-0.1, -0.05) is 24.3 Å². The monoisotopic (exact) mass is 344 g/mol. The summed E-state index contributed by atoms with van der Waals surface area (Å²) in [6, 6.07) is 12.1. The van der Waals surface area contributed by atoms with Crippen molar-refractivity contribution in [2.75, 3.05) is 13.1 Å². The maximum absolute atomic E-state index is 13.3. The van der Waals surface area contributed by atoms with Crippen molar-refractivity contribution in [1.29, 1.82) is 0 Å². The van der Waals surface area contributed by atoms with Crippen LogP contribution in [0.15, 0.2) is 48.5 Å². The molecule has 2 aromatic carbocycles. The lowest BCUT2D eigenvalue weighted by atomic mass is 9.72. The summed E-state index contributed by atoms with van der Waals surface area (Å²) in [5.41, 5.74) is 1.00. The Morgan fingerprint density at radius 2 is 1.52 bits per heavy atom. The normalized spacial score (nSPS) is 17.7. The first-order valence-corrected chi connectivity index (χ1v) is 8.54. The molecule has 0 spiro atoms. The van der Waals surface area contributed by atoms with E-state index in [9.17, 15) is 13.6 Å². The number of rotatable bonds is 4. The number of carbonyl (C=O) groups excluding carboxylic acids is 1. The molecule has 1 fully saturated rings. The summed E-state index contributed by atoms with van der Waals surface area (Å²) < 4.78 is 26.4. The topological polar surface area (TPSA) is 41.1 Å². The molecule has 132 valence electrons. The minimum absolute atomic E-state index is 0.0718. The Bertz CT molecular complexity index is 722. The van der Waals surface area contributed by atoms with E-state index in [1.54, 1.807) is 24.3 Å². The van der Waals surface area contributed by atoms with Crippen LogP contribution in [-0.2, 0) is 10.2 Å². The number of halogens is 2. The second kappa shape index (κ2) is 7.31. The third kappa shape index (κ3) is 3.71. The number of carbonyl (C=O) groups is 1. The summed E-state index contributed by atoms with van der Waals surface area (Å²) in [5, 5.41) is 6.33. The minimum atomic E-state index is -0.673. The van der Waals surface area contributed by atoms with Crippen molar-refractivity contribution in [3.05, 3.63) is 71.3 Å². The Kier molecular flexibility index (Phi) is 5.13. The van der Waals surface area contributed by atoms with Gasteiger partial charge in [0.1, 0.15) is 11.6 Å². The number of amides is 1. The van der Waals surface area contributed by atoms with Gasteiger partial charge < -0.3 is 10.6 Å². The molecule has 0 radical (unpaired) electrons. The van der Waals surface area contributed by atoms with Crippen molar-refractivity contribution < 1.29 is 13.6 Å². The van der Waals surface area contributed by atoms with Crippen LogP contribution in [-0.4, -0.2) is 19.0 Å². The molecule has 1 heterocycles. The van der Waals surface area contributed by atoms with Gasteiger partial charge in [-0.25, -0.2) is 8.78 Å². The first-order chi connectivity index (χ1) is 12.0. The average Bonchev–Trinajstić information content (AvgIpc) is 2.63. The van der Waals surface area contributed by atoms with E-state index >= 15 is 0 Å². The molecule has 1 amide bonds. The van der Waals surface area contributed by atoms with Crippen molar-refractivity contribution in [2.45, 2.75) is 31.2 Å². The molecule has 0 saturated carbocycles. The van der Waals surface area contributed by atoms with E-state index in [0.29, 0.717) is 12.8 Å². The highest BCUT2D eigenvalue weighted by atomic mass is 19.1. The first-order valence-electron chi connectivity index (χ1n) is 8.54. The molecule has 1 atom stereocenters. The summed E-state index contributed by atoms with van der Waals surface area (Å²) in [4.78, 5) is 13.1. The van der Waals surface area contributed by atoms with Crippen LogP contribution in [0.4, 0.5) is 8.78 Å². The molecule has 25 heavy (non-hydrogen) atoms. The standard InChI is InChI=1S/C20H22F2N2O/c1-14(15-2-6-17(21)7-3-15)24-19(25)20(10-12-23-13-11-20)16-4-8-18(22)9-5-16/h2-9,14,23H,10-13H2,1H3,(H,24,25). The van der Waals surface area contributed by atoms with Crippen LogP contribution in [0, 0.1) is 11.6 Å². The predicted molar refractivity (Wildman–Crippen MR) is 93.1 cm³/mol. The lowest BCUT2D eigenvalue weighted by molar-refractivity contribution is -0.128. The number of hydrogen-bond acceptors (Lipinski definition) is 2. The Labute approximate surface area is 146 Å². The molecule has 0 bridgehead atoms. The lowest BCUT2D eigenvalue weighted by Crippen LogP contribution is -2.51. The molecule has 0 aromatic heterocycles. The van der Waals surface area contributed by atoms with Crippen molar-refractivity contribution in [2.24, 2.45) is 0 Å². The second-order valence-corrected chi connectivity index (χ2v) is 6.59. The van der Waals surface area contributed by atoms with Crippen molar-refractivity contribution in [3.8, 4) is 0 Å². The molecule has 1 aliphatic heterocycles. The van der Waals surface area contributed by atoms with E-state index in [1.165, 1.54) is 24.3 Å². The molecule has 2 aromatic rings. The fraction of sp³-hybridized carbons (Fsp3) is 0.350. The molecule has 1 saturated heterocycles. The maximum Gasteiger partial charge on any atom is 0.231 e. The summed E-state index contributed by atoms with van der Waals surface area (Å²) in [6.07, 6.45) is 1.31. The molecule has 3 nitrogen and oxygen atoms in total. The van der Waals surface area contributed by atoms with Gasteiger partial charge in [0, 0.05) is 0 Å². The molecular formula is C20H22F2N2O. The average molecular weight is 344 g/mol. The minimum Gasteiger partial charge on any atom is -0.349 e. The summed E-state index contributed by atoms with van der Waals surface area (Å²) in [7, 11) is 0. The molecular weight excluding hydrogens is 322 g/mol. The smallest absolute Gasteiger partial charge is 0.231 e. The summed E-state index contributed by atoms with van der Waals surface area (Å²) in [6.45, 7) is 3.34. The maximum atomic E-state index is 13.3. The second-order valence-electron chi connectivity index (χ2n) is 6.59. The zero-order valence-corrected chi connectivity index (χ0v) is 14.2. The SMILES string of the molecule is CC(NC(=O)C1(c2ccc(F)cc2)CCNCC1)c1ccc(F)cc1. The third-order valence-electron chi connectivity index (χ3n) is 5.01. The van der Waals surface area contributed by atoms with E-state index in [4.69, 9.17) is 0 Å². The van der Waals surface area contributed by atoms with Crippen molar-refractivity contribution >= 4 is 5.91 Å². The third-order valence-corrected chi connectivity index (χ3v) is 5.01. The predicted octanol–water partition coefficient (Wildman–Crippen LogP) is 3.46. The van der Waals surface area contributed by atoms with Gasteiger partial charge in [0.05, 0.1) is 11.5 Å². The molecule has 5 heteroatoms. The van der Waals surface area contributed by atoms with E-state index in [0.717, 1.165) is 24.2 Å². The molecule has 1 aliphatic rings. The number of hydrogen-bond donors (Lipinski definition) is 2. The quantitative estimate of drug-likeness (QED) is 0.892. The van der Waals surface area contributed by atoms with Crippen molar-refractivity contribution in [1.82, 2.24) is 10.6 Å². The zero-order valence-electron chi connectivity index (χ0n) is 14.2. The van der Waals surface area contributed by atoms with Gasteiger partial charge in [0.2, 0.25) is 5.91 Å². The van der Waals surface area contributed by atoms with Gasteiger partial charge in [0.15, 0.2) is 0 Å². The Morgan fingerprint density at radius 1 is 1.00 bits per heavy atom. The fourth-order valence-electron chi connectivity index (χ4n) is 3.44. The molecule has 0 aliphatic carbocycles. The number of benzene rings is 2. The van der Waals surface area contributed by atoms with Crippen LogP contribution < -0.4 is 10.6 Å². The first kappa shape index (κ1) is 17.5. The summed E-state index contributed by atoms with van der Waals surface area (Å²) >= 11 is 0. The Morgan fingerprint density at radius 3 is 2.08 bits per heavy atom. The Hall–Kier alpha value is -2.27. The van der Waals surface area contributed by atoms with E-state index < -0.39 is 5.41 Å². The fourth-order valence-corrected chi connectivity index (χ4v) is 3.44. The highest BCUT2D eigenvalue weighted by molar-refractivity contribution is 5.88. The Balaban J connectivity index is 1.84. The van der Waals surface area contributed by atoms with Gasteiger partial charge in [-0.15, -0.1) is 0 Å². The van der Waals surface area contributed by atoms with Gasteiger partial charge in [-0.3, -0.25) is 4.79 Å². The summed E-state index contributed by atoms with van der Waals surface area (Å²) in [5.74, 6) is -0.686.